The molecule has 0 fully saturated rings. The third kappa shape index (κ3) is 3.22. The van der Waals surface area contributed by atoms with Crippen LogP contribution in [0.2, 0.25) is 0 Å². The number of thiophene rings is 1. The lowest BCUT2D eigenvalue weighted by atomic mass is 10.0. The molecule has 18 heavy (non-hydrogen) atoms. The Morgan fingerprint density at radius 2 is 1.89 bits per heavy atom. The molecule has 1 aromatic carbocycles. The highest BCUT2D eigenvalue weighted by atomic mass is 79.9. The van der Waals surface area contributed by atoms with E-state index in [0.717, 1.165) is 23.2 Å². The molecule has 1 unspecified atom stereocenters. The van der Waals surface area contributed by atoms with E-state index in [4.69, 9.17) is 0 Å². The Bertz CT molecular complexity index is 550. The summed E-state index contributed by atoms with van der Waals surface area (Å²) in [6, 6.07) is 6.91. The molecule has 0 saturated carbocycles. The molecule has 96 valence electrons. The highest BCUT2D eigenvalue weighted by Crippen LogP contribution is 2.38. The fourth-order valence-corrected chi connectivity index (χ4v) is 5.18. The van der Waals surface area contributed by atoms with Gasteiger partial charge in [0.1, 0.15) is 5.82 Å². The summed E-state index contributed by atoms with van der Waals surface area (Å²) in [7, 11) is 1.86. The Labute approximate surface area is 134 Å². The standard InChI is InChI=1S/C12H9Br3FNS/c1-17-11(9-5-10(14)18-12(9)15)6-2-7(13)4-8(16)3-6/h2-5,11,17H,1H3. The molecule has 0 saturated heterocycles. The minimum atomic E-state index is -0.245. The van der Waals surface area contributed by atoms with E-state index in [0.29, 0.717) is 0 Å². The number of halogens is 4. The van der Waals surface area contributed by atoms with Gasteiger partial charge in [0.25, 0.3) is 0 Å². The van der Waals surface area contributed by atoms with Crippen molar-refractivity contribution in [2.45, 2.75) is 6.04 Å². The van der Waals surface area contributed by atoms with Gasteiger partial charge in [0.05, 0.1) is 13.6 Å². The molecular weight excluding hydrogens is 449 g/mol. The number of rotatable bonds is 3. The second-order valence-electron chi connectivity index (χ2n) is 3.70. The van der Waals surface area contributed by atoms with Crippen LogP contribution in [-0.2, 0) is 0 Å². The minimum absolute atomic E-state index is 0.0473. The van der Waals surface area contributed by atoms with Gasteiger partial charge in [-0.1, -0.05) is 15.9 Å². The summed E-state index contributed by atoms with van der Waals surface area (Å²) in [6.07, 6.45) is 0. The predicted octanol–water partition coefficient (Wildman–Crippen LogP) is 5.48. The highest BCUT2D eigenvalue weighted by molar-refractivity contribution is 9.12. The van der Waals surface area contributed by atoms with Crippen molar-refractivity contribution in [2.75, 3.05) is 7.05 Å². The van der Waals surface area contributed by atoms with Crippen molar-refractivity contribution in [3.8, 4) is 0 Å². The maximum atomic E-state index is 13.5. The smallest absolute Gasteiger partial charge is 0.124 e. The molecule has 1 nitrogen and oxygen atoms in total. The first kappa shape index (κ1) is 14.7. The van der Waals surface area contributed by atoms with E-state index < -0.39 is 0 Å². The first-order chi connectivity index (χ1) is 8.51. The monoisotopic (exact) mass is 455 g/mol. The lowest BCUT2D eigenvalue weighted by molar-refractivity contribution is 0.615. The average molecular weight is 458 g/mol. The lowest BCUT2D eigenvalue weighted by Crippen LogP contribution is -2.17. The molecule has 1 heterocycles. The molecule has 2 rings (SSSR count). The van der Waals surface area contributed by atoms with Crippen molar-refractivity contribution < 1.29 is 4.39 Å². The fraction of sp³-hybridized carbons (Fsp3) is 0.167. The van der Waals surface area contributed by atoms with Gasteiger partial charge in [0, 0.05) is 4.47 Å². The van der Waals surface area contributed by atoms with Crippen LogP contribution >= 0.6 is 59.1 Å². The summed E-state index contributed by atoms with van der Waals surface area (Å²) in [5.41, 5.74) is 1.97. The zero-order valence-corrected chi connectivity index (χ0v) is 14.9. The van der Waals surface area contributed by atoms with E-state index in [1.54, 1.807) is 17.4 Å². The topological polar surface area (TPSA) is 12.0 Å². The zero-order valence-electron chi connectivity index (χ0n) is 9.31. The molecule has 0 radical (unpaired) electrons. The number of benzene rings is 1. The molecule has 0 aliphatic heterocycles. The van der Waals surface area contributed by atoms with Crippen LogP contribution < -0.4 is 5.32 Å². The molecule has 0 bridgehead atoms. The second-order valence-corrected chi connectivity index (χ2v) is 8.37. The van der Waals surface area contributed by atoms with Gasteiger partial charge < -0.3 is 5.32 Å². The Balaban J connectivity index is 2.48. The first-order valence-electron chi connectivity index (χ1n) is 5.09. The Morgan fingerprint density at radius 1 is 1.17 bits per heavy atom. The van der Waals surface area contributed by atoms with E-state index in [2.05, 4.69) is 53.1 Å². The summed E-state index contributed by atoms with van der Waals surface area (Å²) >= 11 is 11.9. The SMILES string of the molecule is CNC(c1cc(F)cc(Br)c1)c1cc(Br)sc1Br. The number of nitrogens with one attached hydrogen (secondary N) is 1. The van der Waals surface area contributed by atoms with Crippen LogP contribution in [0.1, 0.15) is 17.2 Å². The van der Waals surface area contributed by atoms with Crippen LogP contribution in [-0.4, -0.2) is 7.05 Å². The van der Waals surface area contributed by atoms with Crippen LogP contribution in [0.15, 0.2) is 36.3 Å². The zero-order chi connectivity index (χ0) is 13.3. The molecule has 0 spiro atoms. The van der Waals surface area contributed by atoms with Crippen molar-refractivity contribution in [3.63, 3.8) is 0 Å². The molecule has 1 N–H and O–H groups in total. The highest BCUT2D eigenvalue weighted by Gasteiger charge is 2.18. The van der Waals surface area contributed by atoms with Gasteiger partial charge in [-0.05, 0) is 74.3 Å². The van der Waals surface area contributed by atoms with E-state index >= 15 is 0 Å². The Morgan fingerprint density at radius 3 is 2.39 bits per heavy atom. The van der Waals surface area contributed by atoms with Crippen LogP contribution in [0, 0.1) is 5.82 Å². The van der Waals surface area contributed by atoms with Crippen LogP contribution in [0.5, 0.6) is 0 Å². The maximum absolute atomic E-state index is 13.5. The maximum Gasteiger partial charge on any atom is 0.124 e. The first-order valence-corrected chi connectivity index (χ1v) is 8.29. The Hall–Kier alpha value is 0.250. The van der Waals surface area contributed by atoms with Gasteiger partial charge in [-0.3, -0.25) is 0 Å². The summed E-state index contributed by atoms with van der Waals surface area (Å²) < 4.78 is 16.3. The normalized spacial score (nSPS) is 12.7. The molecule has 0 aliphatic rings. The molecular formula is C12H9Br3FNS. The van der Waals surface area contributed by atoms with E-state index in [9.17, 15) is 4.39 Å². The third-order valence-corrected chi connectivity index (χ3v) is 5.34. The van der Waals surface area contributed by atoms with Crippen molar-refractivity contribution in [2.24, 2.45) is 0 Å². The van der Waals surface area contributed by atoms with Gasteiger partial charge in [-0.15, -0.1) is 11.3 Å². The predicted molar refractivity (Wildman–Crippen MR) is 84.7 cm³/mol. The number of hydrogen-bond acceptors (Lipinski definition) is 2. The third-order valence-electron chi connectivity index (χ3n) is 2.50. The van der Waals surface area contributed by atoms with Gasteiger partial charge >= 0.3 is 0 Å². The molecule has 2 aromatic rings. The summed E-state index contributed by atoms with van der Waals surface area (Å²) in [5.74, 6) is -0.245. The Kier molecular flexibility index (Phi) is 4.99. The lowest BCUT2D eigenvalue weighted by Gasteiger charge is -2.16. The minimum Gasteiger partial charge on any atom is -0.309 e. The molecule has 0 aliphatic carbocycles. The molecule has 0 amide bonds. The van der Waals surface area contributed by atoms with E-state index in [1.165, 1.54) is 6.07 Å². The van der Waals surface area contributed by atoms with Crippen molar-refractivity contribution in [3.05, 3.63) is 53.3 Å². The van der Waals surface area contributed by atoms with Crippen molar-refractivity contribution >= 4 is 59.1 Å². The van der Waals surface area contributed by atoms with Crippen LogP contribution in [0.3, 0.4) is 0 Å². The summed E-state index contributed by atoms with van der Waals surface area (Å²) in [5, 5.41) is 3.21. The van der Waals surface area contributed by atoms with Gasteiger partial charge in [0.15, 0.2) is 0 Å². The van der Waals surface area contributed by atoms with E-state index in [-0.39, 0.29) is 11.9 Å². The second kappa shape index (κ2) is 6.13. The number of hydrogen-bond donors (Lipinski definition) is 1. The van der Waals surface area contributed by atoms with Gasteiger partial charge in [0.2, 0.25) is 0 Å². The van der Waals surface area contributed by atoms with Crippen molar-refractivity contribution in [1.29, 1.82) is 0 Å². The van der Waals surface area contributed by atoms with Crippen LogP contribution in [0.25, 0.3) is 0 Å². The summed E-state index contributed by atoms with van der Waals surface area (Å²) in [6.45, 7) is 0. The van der Waals surface area contributed by atoms with Gasteiger partial charge in [-0.25, -0.2) is 4.39 Å². The molecule has 1 atom stereocenters. The molecule has 1 aromatic heterocycles. The molecule has 6 heteroatoms. The van der Waals surface area contributed by atoms with Gasteiger partial charge in [-0.2, -0.15) is 0 Å². The average Bonchev–Trinajstić information content (AvgIpc) is 2.58. The van der Waals surface area contributed by atoms with Crippen molar-refractivity contribution in [1.82, 2.24) is 5.32 Å². The quantitative estimate of drug-likeness (QED) is 0.643. The largest absolute Gasteiger partial charge is 0.309 e. The summed E-state index contributed by atoms with van der Waals surface area (Å²) in [4.78, 5) is 0. The van der Waals surface area contributed by atoms with E-state index in [1.807, 2.05) is 19.2 Å². The fourth-order valence-electron chi connectivity index (χ4n) is 1.79. The van der Waals surface area contributed by atoms with Crippen LogP contribution in [0.4, 0.5) is 4.39 Å².